The number of amides is 2. The van der Waals surface area contributed by atoms with Crippen LogP contribution in [-0.2, 0) is 0 Å². The van der Waals surface area contributed by atoms with E-state index in [1.54, 1.807) is 6.92 Å². The molecule has 24 heteroatoms. The van der Waals surface area contributed by atoms with Crippen molar-refractivity contribution in [2.75, 3.05) is 23.5 Å². The first-order chi connectivity index (χ1) is 30.5. The zero-order valence-electron chi connectivity index (χ0n) is 34.1. The quantitative estimate of drug-likeness (QED) is 0.0773. The molecule has 2 aromatic heterocycles. The number of methoxy groups -OCH3 is 1. The molecular formula is C40H36F4N10O10. The number of ether oxygens (including phenoxy) is 2. The number of benzene rings is 4. The van der Waals surface area contributed by atoms with E-state index in [-0.39, 0.29) is 73.0 Å². The van der Waals surface area contributed by atoms with Crippen LogP contribution < -0.4 is 30.7 Å². The molecule has 20 nitrogen and oxygen atoms in total. The average Bonchev–Trinajstić information content (AvgIpc) is 3.82. The number of carboxylic acids is 2. The molecule has 334 valence electrons. The first kappa shape index (κ1) is 45.3. The highest BCUT2D eigenvalue weighted by Crippen LogP contribution is 2.37. The number of aromatic carboxylic acids is 2. The predicted molar refractivity (Wildman–Crippen MR) is 215 cm³/mol. The second-order valence-corrected chi connectivity index (χ2v) is 13.9. The standard InChI is InChI=1S/C40H36F4N10O10/c1-5-23(50(24-11-6-10-22(18-24)35(55)56)38(60)54-40(62)52(46-48-54)34-28(43)15-8-16-29(34)44)12-9-17-64-32-20-31(63-4)25(36(57)58)19-30(32)49(21(2)3)37(59)53-39(61)51(45-47-53)33-26(41)13-7-14-27(33)42/h6-8,10-11,13-16,18-21,23H,5,9,12,17H2,1-4H3,(H,55,56)(H,57,58). The van der Waals surface area contributed by atoms with Gasteiger partial charge in [0.05, 0.1) is 25.0 Å². The van der Waals surface area contributed by atoms with Crippen molar-refractivity contribution in [1.82, 2.24) is 39.6 Å². The molecule has 2 amide bonds. The number of tetrazole rings is 2. The zero-order chi connectivity index (χ0) is 46.6. The summed E-state index contributed by atoms with van der Waals surface area (Å²) >= 11 is 0. The molecule has 0 aliphatic heterocycles. The number of rotatable bonds is 15. The normalized spacial score (nSPS) is 11.6. The largest absolute Gasteiger partial charge is 0.496 e. The summed E-state index contributed by atoms with van der Waals surface area (Å²) in [6.45, 7) is 4.47. The van der Waals surface area contributed by atoms with Gasteiger partial charge in [-0.2, -0.15) is 9.36 Å². The molecular weight excluding hydrogens is 856 g/mol. The van der Waals surface area contributed by atoms with Crippen LogP contribution in [0.15, 0.2) is 82.4 Å². The van der Waals surface area contributed by atoms with Crippen LogP contribution in [0.4, 0.5) is 38.5 Å². The Labute approximate surface area is 357 Å². The Morgan fingerprint density at radius 1 is 0.703 bits per heavy atom. The molecule has 64 heavy (non-hydrogen) atoms. The number of carboxylic acid groups (broad SMARTS) is 2. The molecule has 0 aliphatic carbocycles. The predicted octanol–water partition coefficient (Wildman–Crippen LogP) is 5.13. The molecule has 6 rings (SSSR count). The van der Waals surface area contributed by atoms with Crippen LogP contribution in [0.1, 0.15) is 60.7 Å². The Bertz CT molecular complexity index is 2850. The molecule has 0 radical (unpaired) electrons. The van der Waals surface area contributed by atoms with Gasteiger partial charge < -0.3 is 19.7 Å². The Kier molecular flexibility index (Phi) is 13.3. The number of nitrogens with zero attached hydrogens (tertiary/aromatic N) is 10. The van der Waals surface area contributed by atoms with Crippen LogP contribution in [0, 0.1) is 23.3 Å². The molecule has 4 aromatic carbocycles. The lowest BCUT2D eigenvalue weighted by molar-refractivity contribution is 0.0684. The van der Waals surface area contributed by atoms with Crippen molar-refractivity contribution in [2.24, 2.45) is 0 Å². The molecule has 0 fully saturated rings. The Morgan fingerprint density at radius 2 is 1.22 bits per heavy atom. The fraction of sp³-hybridized carbons (Fsp3) is 0.250. The highest BCUT2D eigenvalue weighted by atomic mass is 19.1. The summed E-state index contributed by atoms with van der Waals surface area (Å²) in [5, 5.41) is 33.9. The van der Waals surface area contributed by atoms with Gasteiger partial charge in [-0.25, -0.2) is 46.3 Å². The zero-order valence-corrected chi connectivity index (χ0v) is 34.1. The third-order valence-corrected chi connectivity index (χ3v) is 9.67. The van der Waals surface area contributed by atoms with Gasteiger partial charge in [0.15, 0.2) is 23.3 Å². The smallest absolute Gasteiger partial charge is 0.377 e. The first-order valence-electron chi connectivity index (χ1n) is 19.1. The van der Waals surface area contributed by atoms with Crippen LogP contribution in [0.2, 0.25) is 0 Å². The van der Waals surface area contributed by atoms with E-state index in [1.165, 1.54) is 51.3 Å². The van der Waals surface area contributed by atoms with E-state index in [1.807, 2.05) is 0 Å². The minimum atomic E-state index is -1.47. The van der Waals surface area contributed by atoms with Crippen molar-refractivity contribution in [1.29, 1.82) is 0 Å². The van der Waals surface area contributed by atoms with E-state index in [0.29, 0.717) is 0 Å². The van der Waals surface area contributed by atoms with Crippen molar-refractivity contribution in [3.8, 4) is 22.9 Å². The maximum absolute atomic E-state index is 14.6. The second-order valence-electron chi connectivity index (χ2n) is 13.9. The maximum atomic E-state index is 14.6. The van der Waals surface area contributed by atoms with E-state index in [2.05, 4.69) is 20.9 Å². The molecule has 0 spiro atoms. The molecule has 6 aromatic rings. The molecule has 0 saturated carbocycles. The van der Waals surface area contributed by atoms with Crippen LogP contribution >= 0.6 is 0 Å². The summed E-state index contributed by atoms with van der Waals surface area (Å²) in [6, 6.07) is 8.88. The lowest BCUT2D eigenvalue weighted by atomic mass is 10.1. The average molecular weight is 893 g/mol. The van der Waals surface area contributed by atoms with Gasteiger partial charge in [-0.1, -0.05) is 25.1 Å². The Hall–Kier alpha value is -8.18. The third-order valence-electron chi connectivity index (χ3n) is 9.67. The topological polar surface area (TPSA) is 239 Å². The van der Waals surface area contributed by atoms with Gasteiger partial charge >= 0.3 is 35.4 Å². The highest BCUT2D eigenvalue weighted by molar-refractivity contribution is 5.99. The molecule has 1 atom stereocenters. The van der Waals surface area contributed by atoms with Gasteiger partial charge in [0.1, 0.15) is 28.4 Å². The summed E-state index contributed by atoms with van der Waals surface area (Å²) in [4.78, 5) is 81.3. The number of hydrogen-bond acceptors (Lipinski definition) is 12. The molecule has 0 aliphatic rings. The number of para-hydroxylation sites is 2. The number of halogens is 4. The SMILES string of the molecule is CCC(CCCOc1cc(OC)c(C(=O)O)cc1N(C(=O)n1nnn(-c2c(F)cccc2F)c1=O)C(C)C)N(C(=O)n1nnn(-c2c(F)cccc2F)c1=O)c1cccc(C(=O)O)c1. The fourth-order valence-electron chi connectivity index (χ4n) is 6.67. The lowest BCUT2D eigenvalue weighted by Gasteiger charge is -2.31. The van der Waals surface area contributed by atoms with E-state index in [0.717, 1.165) is 52.3 Å². The van der Waals surface area contributed by atoms with Crippen molar-refractivity contribution in [2.45, 2.75) is 52.1 Å². The minimum absolute atomic E-state index is 0.00322. The summed E-state index contributed by atoms with van der Waals surface area (Å²) in [6.07, 6.45) is 0.299. The summed E-state index contributed by atoms with van der Waals surface area (Å²) < 4.78 is 70.8. The van der Waals surface area contributed by atoms with Gasteiger partial charge in [0.2, 0.25) is 0 Å². The van der Waals surface area contributed by atoms with Crippen molar-refractivity contribution < 1.29 is 56.4 Å². The Balaban J connectivity index is 1.32. The number of carbonyl (C=O) groups is 4. The number of carbonyl (C=O) groups excluding carboxylic acids is 2. The van der Waals surface area contributed by atoms with Crippen LogP contribution in [0.25, 0.3) is 11.4 Å². The highest BCUT2D eigenvalue weighted by Gasteiger charge is 2.33. The van der Waals surface area contributed by atoms with Crippen molar-refractivity contribution >= 4 is 35.4 Å². The summed E-state index contributed by atoms with van der Waals surface area (Å²) in [7, 11) is 1.18. The van der Waals surface area contributed by atoms with Crippen molar-refractivity contribution in [3.05, 3.63) is 128 Å². The fourth-order valence-corrected chi connectivity index (χ4v) is 6.67. The van der Waals surface area contributed by atoms with Gasteiger partial charge in [-0.3, -0.25) is 9.80 Å². The first-order valence-corrected chi connectivity index (χ1v) is 19.1. The third kappa shape index (κ3) is 8.77. The van der Waals surface area contributed by atoms with E-state index in [9.17, 15) is 56.5 Å². The summed E-state index contributed by atoms with van der Waals surface area (Å²) in [5.41, 5.74) is -5.36. The minimum Gasteiger partial charge on any atom is -0.496 e. The second kappa shape index (κ2) is 18.8. The van der Waals surface area contributed by atoms with E-state index >= 15 is 0 Å². The summed E-state index contributed by atoms with van der Waals surface area (Å²) in [5.74, 6) is -7.85. The van der Waals surface area contributed by atoms with E-state index in [4.69, 9.17) is 9.47 Å². The van der Waals surface area contributed by atoms with Gasteiger partial charge in [0.25, 0.3) is 0 Å². The molecule has 1 unspecified atom stereocenters. The molecule has 2 N–H and O–H groups in total. The number of anilines is 2. The lowest BCUT2D eigenvalue weighted by Crippen LogP contribution is -2.47. The monoisotopic (exact) mass is 892 g/mol. The van der Waals surface area contributed by atoms with E-state index < -0.39 is 87.7 Å². The van der Waals surface area contributed by atoms with Crippen LogP contribution in [0.3, 0.4) is 0 Å². The van der Waals surface area contributed by atoms with Gasteiger partial charge in [-0.15, -0.1) is 9.36 Å². The van der Waals surface area contributed by atoms with Crippen LogP contribution in [0.5, 0.6) is 11.5 Å². The molecule has 0 bridgehead atoms. The van der Waals surface area contributed by atoms with Crippen molar-refractivity contribution in [3.63, 3.8) is 0 Å². The van der Waals surface area contributed by atoms with Gasteiger partial charge in [-0.05, 0) is 102 Å². The van der Waals surface area contributed by atoms with Gasteiger partial charge in [0, 0.05) is 23.8 Å². The number of hydrogen-bond donors (Lipinski definition) is 2. The molecule has 0 saturated heterocycles. The number of aromatic nitrogens is 8. The Morgan fingerprint density at radius 3 is 1.69 bits per heavy atom. The maximum Gasteiger partial charge on any atom is 0.377 e. The molecule has 2 heterocycles. The van der Waals surface area contributed by atoms with Crippen LogP contribution in [-0.4, -0.2) is 99.6 Å².